The summed E-state index contributed by atoms with van der Waals surface area (Å²) in [5, 5.41) is 15.6. The van der Waals surface area contributed by atoms with Gasteiger partial charge in [0.05, 0.1) is 12.5 Å². The van der Waals surface area contributed by atoms with Crippen molar-refractivity contribution in [2.75, 3.05) is 19.6 Å². The average Bonchev–Trinajstić information content (AvgIpc) is 3.28. The number of carbonyl (C=O) groups excluding carboxylic acids is 2. The first-order valence-electron chi connectivity index (χ1n) is 11.6. The van der Waals surface area contributed by atoms with Gasteiger partial charge in [-0.05, 0) is 30.9 Å². The van der Waals surface area contributed by atoms with Crippen LogP contribution in [-0.2, 0) is 16.1 Å². The summed E-state index contributed by atoms with van der Waals surface area (Å²) in [5.41, 5.74) is 0.924. The van der Waals surface area contributed by atoms with Crippen LogP contribution in [0, 0.1) is 5.92 Å². The van der Waals surface area contributed by atoms with Gasteiger partial charge in [0, 0.05) is 31.6 Å². The van der Waals surface area contributed by atoms with Gasteiger partial charge in [0.1, 0.15) is 0 Å². The summed E-state index contributed by atoms with van der Waals surface area (Å²) in [6.45, 7) is 4.72. The molecule has 1 N–H and O–H groups in total. The number of likely N-dealkylation sites (tertiary alicyclic amines) is 1. The molecule has 8 nitrogen and oxygen atoms in total. The van der Waals surface area contributed by atoms with E-state index in [4.69, 9.17) is 0 Å². The molecule has 2 aromatic rings. The van der Waals surface area contributed by atoms with E-state index >= 15 is 0 Å². The molecule has 1 saturated heterocycles. The molecular formula is C23H34N6O2. The standard InChI is InChI=1S/C23H34N6O2/c1-2-3-4-8-15-24-23(31)20-13-9-16-28(18-20)21(30)14-10-17-29-26-22(25-27-29)19-11-6-5-7-12-19/h5-7,11-12,20H,2-4,8-10,13-18H2,1H3,(H,24,31). The van der Waals surface area contributed by atoms with E-state index in [9.17, 15) is 9.59 Å². The third-order valence-electron chi connectivity index (χ3n) is 5.71. The number of unbranched alkanes of at least 4 members (excludes halogenated alkanes) is 3. The smallest absolute Gasteiger partial charge is 0.224 e. The van der Waals surface area contributed by atoms with Gasteiger partial charge >= 0.3 is 0 Å². The molecule has 0 radical (unpaired) electrons. The zero-order valence-electron chi connectivity index (χ0n) is 18.5. The first kappa shape index (κ1) is 22.9. The molecule has 2 amide bonds. The Morgan fingerprint density at radius 2 is 1.97 bits per heavy atom. The van der Waals surface area contributed by atoms with Crippen LogP contribution in [0.3, 0.4) is 0 Å². The Morgan fingerprint density at radius 3 is 2.77 bits per heavy atom. The van der Waals surface area contributed by atoms with E-state index in [2.05, 4.69) is 27.7 Å². The number of amides is 2. The second-order valence-corrected chi connectivity index (χ2v) is 8.21. The summed E-state index contributed by atoms with van der Waals surface area (Å²) in [6, 6.07) is 9.71. The number of nitrogens with one attached hydrogen (secondary N) is 1. The van der Waals surface area contributed by atoms with Crippen molar-refractivity contribution in [3.63, 3.8) is 0 Å². The van der Waals surface area contributed by atoms with Crippen LogP contribution in [0.25, 0.3) is 11.4 Å². The molecule has 1 fully saturated rings. The molecule has 8 heteroatoms. The van der Waals surface area contributed by atoms with Gasteiger partial charge in [0.25, 0.3) is 0 Å². The topological polar surface area (TPSA) is 93.0 Å². The Hall–Kier alpha value is -2.77. The van der Waals surface area contributed by atoms with Crippen molar-refractivity contribution < 1.29 is 9.59 Å². The van der Waals surface area contributed by atoms with Gasteiger partial charge in [-0.15, -0.1) is 10.2 Å². The lowest BCUT2D eigenvalue weighted by Gasteiger charge is -2.32. The first-order valence-corrected chi connectivity index (χ1v) is 11.6. The second-order valence-electron chi connectivity index (χ2n) is 8.21. The maximum Gasteiger partial charge on any atom is 0.224 e. The summed E-state index contributed by atoms with van der Waals surface area (Å²) in [6.07, 6.45) is 7.38. The number of hydrogen-bond acceptors (Lipinski definition) is 5. The molecule has 0 aliphatic carbocycles. The third-order valence-corrected chi connectivity index (χ3v) is 5.71. The van der Waals surface area contributed by atoms with Crippen LogP contribution < -0.4 is 5.32 Å². The monoisotopic (exact) mass is 426 g/mol. The predicted octanol–water partition coefficient (Wildman–Crippen LogP) is 3.06. The molecule has 0 saturated carbocycles. The van der Waals surface area contributed by atoms with E-state index < -0.39 is 0 Å². The normalized spacial score (nSPS) is 16.3. The molecule has 1 atom stereocenters. The van der Waals surface area contributed by atoms with Crippen LogP contribution >= 0.6 is 0 Å². The first-order chi connectivity index (χ1) is 15.2. The fourth-order valence-electron chi connectivity index (χ4n) is 3.90. The molecule has 1 aromatic carbocycles. The minimum Gasteiger partial charge on any atom is -0.356 e. The predicted molar refractivity (Wildman–Crippen MR) is 119 cm³/mol. The number of benzene rings is 1. The fourth-order valence-corrected chi connectivity index (χ4v) is 3.90. The van der Waals surface area contributed by atoms with Crippen LogP contribution in [0.5, 0.6) is 0 Å². The van der Waals surface area contributed by atoms with Crippen molar-refractivity contribution in [1.82, 2.24) is 30.4 Å². The van der Waals surface area contributed by atoms with Gasteiger partial charge in [0.15, 0.2) is 0 Å². The van der Waals surface area contributed by atoms with E-state index in [-0.39, 0.29) is 17.7 Å². The lowest BCUT2D eigenvalue weighted by Crippen LogP contribution is -2.45. The van der Waals surface area contributed by atoms with Crippen molar-refractivity contribution >= 4 is 11.8 Å². The van der Waals surface area contributed by atoms with Gasteiger partial charge < -0.3 is 10.2 Å². The Kier molecular flexibility index (Phi) is 8.99. The number of hydrogen-bond donors (Lipinski definition) is 1. The minimum absolute atomic E-state index is 0.0886. The molecule has 0 bridgehead atoms. The van der Waals surface area contributed by atoms with Crippen molar-refractivity contribution in [2.45, 2.75) is 64.8 Å². The minimum atomic E-state index is -0.0886. The van der Waals surface area contributed by atoms with E-state index in [1.165, 1.54) is 12.8 Å². The number of aromatic nitrogens is 4. The second kappa shape index (κ2) is 12.2. The van der Waals surface area contributed by atoms with Gasteiger partial charge in [0.2, 0.25) is 17.6 Å². The molecule has 1 unspecified atom stereocenters. The number of piperidine rings is 1. The Balaban J connectivity index is 1.38. The average molecular weight is 427 g/mol. The van der Waals surface area contributed by atoms with Crippen LogP contribution in [-0.4, -0.2) is 56.6 Å². The summed E-state index contributed by atoms with van der Waals surface area (Å²) in [4.78, 5) is 28.5. The van der Waals surface area contributed by atoms with E-state index in [0.717, 1.165) is 44.3 Å². The van der Waals surface area contributed by atoms with Gasteiger partial charge in [-0.25, -0.2) is 0 Å². The van der Waals surface area contributed by atoms with Gasteiger partial charge in [-0.2, -0.15) is 4.80 Å². The largest absolute Gasteiger partial charge is 0.356 e. The van der Waals surface area contributed by atoms with Crippen LogP contribution in [0.15, 0.2) is 30.3 Å². The maximum absolute atomic E-state index is 12.6. The lowest BCUT2D eigenvalue weighted by molar-refractivity contribution is -0.135. The molecule has 168 valence electrons. The molecule has 2 heterocycles. The maximum atomic E-state index is 12.6. The summed E-state index contributed by atoms with van der Waals surface area (Å²) >= 11 is 0. The van der Waals surface area contributed by atoms with Crippen molar-refractivity contribution in [1.29, 1.82) is 0 Å². The number of nitrogens with zero attached hydrogens (tertiary/aromatic N) is 5. The van der Waals surface area contributed by atoms with Gasteiger partial charge in [-0.3, -0.25) is 9.59 Å². The number of tetrazole rings is 1. The third kappa shape index (κ3) is 7.15. The van der Waals surface area contributed by atoms with Crippen molar-refractivity contribution in [3.8, 4) is 11.4 Å². The number of rotatable bonds is 11. The molecule has 0 spiro atoms. The molecular weight excluding hydrogens is 392 g/mol. The van der Waals surface area contributed by atoms with Crippen LogP contribution in [0.1, 0.15) is 58.3 Å². The van der Waals surface area contributed by atoms with Crippen LogP contribution in [0.2, 0.25) is 0 Å². The zero-order valence-corrected chi connectivity index (χ0v) is 18.5. The Labute approximate surface area is 184 Å². The molecule has 1 aliphatic heterocycles. The fraction of sp³-hybridized carbons (Fsp3) is 0.609. The summed E-state index contributed by atoms with van der Waals surface area (Å²) < 4.78 is 0. The lowest BCUT2D eigenvalue weighted by atomic mass is 9.96. The molecule has 1 aromatic heterocycles. The highest BCUT2D eigenvalue weighted by atomic mass is 16.2. The number of aryl methyl sites for hydroxylation is 1. The van der Waals surface area contributed by atoms with E-state index in [0.29, 0.717) is 31.8 Å². The quantitative estimate of drug-likeness (QED) is 0.558. The van der Waals surface area contributed by atoms with Crippen molar-refractivity contribution in [2.24, 2.45) is 5.92 Å². The van der Waals surface area contributed by atoms with Gasteiger partial charge in [-0.1, -0.05) is 56.5 Å². The Morgan fingerprint density at radius 1 is 1.13 bits per heavy atom. The summed E-state index contributed by atoms with van der Waals surface area (Å²) in [5.74, 6) is 0.693. The molecule has 1 aliphatic rings. The van der Waals surface area contributed by atoms with Crippen molar-refractivity contribution in [3.05, 3.63) is 30.3 Å². The highest BCUT2D eigenvalue weighted by Gasteiger charge is 2.27. The highest BCUT2D eigenvalue weighted by Crippen LogP contribution is 2.18. The van der Waals surface area contributed by atoms with Crippen LogP contribution in [0.4, 0.5) is 0 Å². The van der Waals surface area contributed by atoms with E-state index in [1.54, 1.807) is 4.80 Å². The summed E-state index contributed by atoms with van der Waals surface area (Å²) in [7, 11) is 0. The SMILES string of the molecule is CCCCCCNC(=O)C1CCCN(C(=O)CCCn2nnc(-c3ccccc3)n2)C1. The Bertz CT molecular complexity index is 822. The molecule has 3 rings (SSSR count). The zero-order chi connectivity index (χ0) is 21.9. The van der Waals surface area contributed by atoms with E-state index in [1.807, 2.05) is 35.2 Å². The molecule has 31 heavy (non-hydrogen) atoms. The number of carbonyl (C=O) groups is 2. The highest BCUT2D eigenvalue weighted by molar-refractivity contribution is 5.81.